The molecule has 0 spiro atoms. The summed E-state index contributed by atoms with van der Waals surface area (Å²) < 4.78 is 25.3. The monoisotopic (exact) mass is 254 g/mol. The van der Waals surface area contributed by atoms with E-state index in [2.05, 4.69) is 50.5 Å². The van der Waals surface area contributed by atoms with Crippen molar-refractivity contribution in [2.45, 2.75) is 40.1 Å². The molecule has 0 unspecified atom stereocenters. The predicted octanol–water partition coefficient (Wildman–Crippen LogP) is 5.17. The lowest BCUT2D eigenvalue weighted by Crippen LogP contribution is -2.21. The molecule has 1 nitrogen and oxygen atoms in total. The summed E-state index contributed by atoms with van der Waals surface area (Å²) in [6, 6.07) is 11.9. The molecule has 1 heterocycles. The first-order chi connectivity index (χ1) is 10.1. The highest BCUT2D eigenvalue weighted by molar-refractivity contribution is 6.08. The lowest BCUT2D eigenvalue weighted by atomic mass is 10.1. The molecule has 0 aliphatic carbocycles. The molecular formula is C18H21N. The van der Waals surface area contributed by atoms with Crippen molar-refractivity contribution < 1.29 is 4.11 Å². The third-order valence-electron chi connectivity index (χ3n) is 3.59. The Morgan fingerprint density at radius 2 is 1.42 bits per heavy atom. The quantitative estimate of drug-likeness (QED) is 0.522. The third kappa shape index (κ3) is 1.85. The molecular weight excluding hydrogens is 230 g/mol. The van der Waals surface area contributed by atoms with Gasteiger partial charge in [-0.3, -0.25) is 0 Å². The van der Waals surface area contributed by atoms with Crippen molar-refractivity contribution in [2.75, 3.05) is 0 Å². The van der Waals surface area contributed by atoms with E-state index in [4.69, 9.17) is 4.11 Å². The van der Waals surface area contributed by atoms with Gasteiger partial charge in [0.2, 0.25) is 0 Å². The SMILES string of the molecule is [2H]C([2H])([2H])c1ccc2c(c1)c1cc(C)ccc1n2C(C)(C)C. The number of hydrogen-bond donors (Lipinski definition) is 0. The number of aromatic nitrogens is 1. The van der Waals surface area contributed by atoms with Gasteiger partial charge in [0.15, 0.2) is 0 Å². The Labute approximate surface area is 119 Å². The average Bonchev–Trinajstić information content (AvgIpc) is 2.70. The molecule has 1 aromatic heterocycles. The highest BCUT2D eigenvalue weighted by atomic mass is 15.0. The molecule has 98 valence electrons. The van der Waals surface area contributed by atoms with Crippen LogP contribution in [0.3, 0.4) is 0 Å². The lowest BCUT2D eigenvalue weighted by molar-refractivity contribution is 0.423. The molecule has 0 aliphatic rings. The van der Waals surface area contributed by atoms with Crippen LogP contribution < -0.4 is 0 Å². The fraction of sp³-hybridized carbons (Fsp3) is 0.333. The average molecular weight is 254 g/mol. The van der Waals surface area contributed by atoms with Gasteiger partial charge in [0.05, 0.1) is 0 Å². The molecule has 3 aromatic rings. The van der Waals surface area contributed by atoms with Crippen LogP contribution >= 0.6 is 0 Å². The number of benzene rings is 2. The second-order valence-corrected chi connectivity index (χ2v) is 6.26. The smallest absolute Gasteiger partial charge is 0.0496 e. The van der Waals surface area contributed by atoms with Gasteiger partial charge in [-0.15, -0.1) is 0 Å². The molecule has 3 rings (SSSR count). The van der Waals surface area contributed by atoms with E-state index in [0.29, 0.717) is 5.56 Å². The molecule has 0 atom stereocenters. The topological polar surface area (TPSA) is 4.93 Å². The van der Waals surface area contributed by atoms with Gasteiger partial charge in [-0.2, -0.15) is 0 Å². The van der Waals surface area contributed by atoms with Crippen LogP contribution in [0.25, 0.3) is 21.8 Å². The summed E-state index contributed by atoms with van der Waals surface area (Å²) in [5.74, 6) is 0. The molecule has 0 saturated heterocycles. The van der Waals surface area contributed by atoms with Crippen LogP contribution in [0.15, 0.2) is 36.4 Å². The van der Waals surface area contributed by atoms with E-state index in [0.717, 1.165) is 21.8 Å². The van der Waals surface area contributed by atoms with Crippen molar-refractivity contribution in [3.63, 3.8) is 0 Å². The maximum atomic E-state index is 7.65. The van der Waals surface area contributed by atoms with Crippen LogP contribution in [0.2, 0.25) is 0 Å². The third-order valence-corrected chi connectivity index (χ3v) is 3.59. The maximum Gasteiger partial charge on any atom is 0.0496 e. The first-order valence-corrected chi connectivity index (χ1v) is 6.65. The van der Waals surface area contributed by atoms with Crippen LogP contribution in [0.1, 0.15) is 36.0 Å². The Bertz CT molecular complexity index is 864. The molecule has 0 saturated carbocycles. The highest BCUT2D eigenvalue weighted by Crippen LogP contribution is 2.34. The fourth-order valence-corrected chi connectivity index (χ4v) is 2.86. The van der Waals surface area contributed by atoms with Crippen molar-refractivity contribution in [1.82, 2.24) is 4.57 Å². The van der Waals surface area contributed by atoms with E-state index in [1.165, 1.54) is 5.56 Å². The summed E-state index contributed by atoms with van der Waals surface area (Å²) in [4.78, 5) is 0. The lowest BCUT2D eigenvalue weighted by Gasteiger charge is -2.24. The Hall–Kier alpha value is -1.76. The van der Waals surface area contributed by atoms with Gasteiger partial charge < -0.3 is 4.57 Å². The van der Waals surface area contributed by atoms with Crippen LogP contribution in [0.5, 0.6) is 0 Å². The molecule has 19 heavy (non-hydrogen) atoms. The number of rotatable bonds is 0. The Morgan fingerprint density at radius 1 is 0.895 bits per heavy atom. The standard InChI is InChI=1S/C18H21N/c1-12-6-8-16-14(10-12)15-11-13(2)7-9-17(15)19(16)18(3,4)5/h6-11H,1-5H3/i1D3. The minimum absolute atomic E-state index is 0.0727. The van der Waals surface area contributed by atoms with Gasteiger partial charge in [0.1, 0.15) is 0 Å². The molecule has 0 N–H and O–H groups in total. The molecule has 2 aromatic carbocycles. The van der Waals surface area contributed by atoms with Crippen LogP contribution in [-0.4, -0.2) is 4.57 Å². The van der Waals surface area contributed by atoms with Gasteiger partial charge in [0, 0.05) is 31.5 Å². The van der Waals surface area contributed by atoms with E-state index < -0.39 is 6.85 Å². The summed E-state index contributed by atoms with van der Waals surface area (Å²) in [6.07, 6.45) is 0. The normalized spacial score (nSPS) is 15.5. The fourth-order valence-electron chi connectivity index (χ4n) is 2.86. The minimum atomic E-state index is -2.08. The molecule has 0 bridgehead atoms. The van der Waals surface area contributed by atoms with Crippen LogP contribution in [-0.2, 0) is 5.54 Å². The maximum absolute atomic E-state index is 7.65. The van der Waals surface area contributed by atoms with Crippen molar-refractivity contribution in [2.24, 2.45) is 0 Å². The van der Waals surface area contributed by atoms with Crippen molar-refractivity contribution in [3.05, 3.63) is 47.5 Å². The molecule has 1 heteroatoms. The largest absolute Gasteiger partial charge is 0.335 e. The minimum Gasteiger partial charge on any atom is -0.335 e. The number of hydrogen-bond acceptors (Lipinski definition) is 0. The Morgan fingerprint density at radius 3 is 1.95 bits per heavy atom. The summed E-state index contributed by atoms with van der Waals surface area (Å²) >= 11 is 0. The van der Waals surface area contributed by atoms with E-state index in [-0.39, 0.29) is 5.54 Å². The molecule has 0 amide bonds. The molecule has 0 fully saturated rings. The Balaban J connectivity index is 2.49. The summed E-state index contributed by atoms with van der Waals surface area (Å²) in [7, 11) is 0. The van der Waals surface area contributed by atoms with Gasteiger partial charge in [-0.05, 0) is 58.8 Å². The summed E-state index contributed by atoms with van der Waals surface area (Å²) in [6.45, 7) is 6.50. The van der Waals surface area contributed by atoms with E-state index >= 15 is 0 Å². The molecule has 0 aliphatic heterocycles. The Kier molecular flexibility index (Phi) is 1.87. The van der Waals surface area contributed by atoms with Crippen molar-refractivity contribution >= 4 is 21.8 Å². The summed E-state index contributed by atoms with van der Waals surface area (Å²) in [5.41, 5.74) is 3.74. The zero-order valence-electron chi connectivity index (χ0n) is 14.9. The number of nitrogens with zero attached hydrogens (tertiary/aromatic N) is 1. The highest BCUT2D eigenvalue weighted by Gasteiger charge is 2.20. The zero-order valence-corrected chi connectivity index (χ0v) is 11.9. The van der Waals surface area contributed by atoms with E-state index in [1.54, 1.807) is 6.07 Å². The number of fused-ring (bicyclic) bond motifs is 3. The number of aryl methyl sites for hydroxylation is 2. The zero-order chi connectivity index (χ0) is 16.3. The first-order valence-electron chi connectivity index (χ1n) is 8.15. The van der Waals surface area contributed by atoms with Gasteiger partial charge in [-0.1, -0.05) is 23.3 Å². The van der Waals surface area contributed by atoms with Crippen LogP contribution in [0, 0.1) is 13.8 Å². The van der Waals surface area contributed by atoms with Gasteiger partial charge in [0.25, 0.3) is 0 Å². The van der Waals surface area contributed by atoms with E-state index in [9.17, 15) is 0 Å². The van der Waals surface area contributed by atoms with Crippen molar-refractivity contribution in [1.29, 1.82) is 0 Å². The first kappa shape index (κ1) is 9.19. The van der Waals surface area contributed by atoms with E-state index in [1.807, 2.05) is 12.1 Å². The van der Waals surface area contributed by atoms with Crippen molar-refractivity contribution in [3.8, 4) is 0 Å². The predicted molar refractivity (Wildman–Crippen MR) is 83.9 cm³/mol. The second kappa shape index (κ2) is 3.86. The molecule has 0 radical (unpaired) electrons. The van der Waals surface area contributed by atoms with Gasteiger partial charge >= 0.3 is 0 Å². The van der Waals surface area contributed by atoms with Gasteiger partial charge in [-0.25, -0.2) is 0 Å². The van der Waals surface area contributed by atoms with Crippen LogP contribution in [0.4, 0.5) is 0 Å². The summed E-state index contributed by atoms with van der Waals surface area (Å²) in [5, 5.41) is 2.14. The second-order valence-electron chi connectivity index (χ2n) is 6.26.